The Labute approximate surface area is 121 Å². The number of nitrogens with zero attached hydrogens (tertiary/aromatic N) is 1. The molecule has 0 amide bonds. The maximum Gasteiger partial charge on any atom is 0.127 e. The number of hydrogen-bond acceptors (Lipinski definition) is 4. The lowest BCUT2D eigenvalue weighted by atomic mass is 10.0. The van der Waals surface area contributed by atoms with Crippen LogP contribution in [0, 0.1) is 0 Å². The predicted octanol–water partition coefficient (Wildman–Crippen LogP) is 2.41. The minimum absolute atomic E-state index is 0.489. The molecule has 1 heterocycles. The quantitative estimate of drug-likeness (QED) is 0.868. The van der Waals surface area contributed by atoms with Gasteiger partial charge in [0.25, 0.3) is 0 Å². The second-order valence-corrected chi connectivity index (χ2v) is 5.45. The largest absolute Gasteiger partial charge is 0.497 e. The van der Waals surface area contributed by atoms with Gasteiger partial charge < -0.3 is 20.1 Å². The summed E-state index contributed by atoms with van der Waals surface area (Å²) >= 11 is 0. The van der Waals surface area contributed by atoms with Crippen molar-refractivity contribution in [3.8, 4) is 11.5 Å². The smallest absolute Gasteiger partial charge is 0.127 e. The number of ether oxygens (including phenoxy) is 2. The predicted molar refractivity (Wildman–Crippen MR) is 81.3 cm³/mol. The van der Waals surface area contributed by atoms with Gasteiger partial charge in [-0.2, -0.15) is 0 Å². The molecule has 1 unspecified atom stereocenters. The zero-order chi connectivity index (χ0) is 14.4. The summed E-state index contributed by atoms with van der Waals surface area (Å²) < 4.78 is 11.2. The summed E-state index contributed by atoms with van der Waals surface area (Å²) in [5.41, 5.74) is 6.78. The van der Waals surface area contributed by atoms with E-state index in [4.69, 9.17) is 15.2 Å². The maximum absolute atomic E-state index is 5.93. The molecule has 20 heavy (non-hydrogen) atoms. The van der Waals surface area contributed by atoms with Crippen LogP contribution in [0.3, 0.4) is 0 Å². The summed E-state index contributed by atoms with van der Waals surface area (Å²) in [6.07, 6.45) is 5.00. The van der Waals surface area contributed by atoms with Gasteiger partial charge in [-0.1, -0.05) is 12.5 Å². The van der Waals surface area contributed by atoms with E-state index >= 15 is 0 Å². The van der Waals surface area contributed by atoms with E-state index in [0.29, 0.717) is 12.6 Å². The molecule has 1 fully saturated rings. The fourth-order valence-electron chi connectivity index (χ4n) is 2.78. The van der Waals surface area contributed by atoms with Crippen LogP contribution in [0.1, 0.15) is 31.2 Å². The molecule has 1 atom stereocenters. The molecule has 4 nitrogen and oxygen atoms in total. The lowest BCUT2D eigenvalue weighted by Crippen LogP contribution is -2.37. The standard InChI is InChI=1S/C16H26N2O2/c1-18-9-4-3-5-14(18)8-10-20-16-11-15(19-2)7-6-13(16)12-17/h6-7,11,14H,3-5,8-10,12,17H2,1-2H3. The van der Waals surface area contributed by atoms with E-state index in [9.17, 15) is 0 Å². The van der Waals surface area contributed by atoms with Crippen LogP contribution in [0.25, 0.3) is 0 Å². The Balaban J connectivity index is 1.89. The molecule has 2 N–H and O–H groups in total. The monoisotopic (exact) mass is 278 g/mol. The average Bonchev–Trinajstić information content (AvgIpc) is 2.49. The number of benzene rings is 1. The van der Waals surface area contributed by atoms with E-state index in [1.807, 2.05) is 18.2 Å². The van der Waals surface area contributed by atoms with Crippen LogP contribution in [0.2, 0.25) is 0 Å². The average molecular weight is 278 g/mol. The van der Waals surface area contributed by atoms with E-state index in [0.717, 1.165) is 30.1 Å². The van der Waals surface area contributed by atoms with Gasteiger partial charge in [0.05, 0.1) is 13.7 Å². The molecular formula is C16H26N2O2. The minimum atomic E-state index is 0.489. The molecule has 0 spiro atoms. The molecule has 0 aromatic heterocycles. The van der Waals surface area contributed by atoms with Crippen molar-refractivity contribution in [1.29, 1.82) is 0 Å². The Bertz CT molecular complexity index is 423. The molecule has 1 aromatic carbocycles. The van der Waals surface area contributed by atoms with E-state index < -0.39 is 0 Å². The highest BCUT2D eigenvalue weighted by atomic mass is 16.5. The minimum Gasteiger partial charge on any atom is -0.497 e. The second-order valence-electron chi connectivity index (χ2n) is 5.45. The van der Waals surface area contributed by atoms with Crippen molar-refractivity contribution in [2.24, 2.45) is 5.73 Å². The van der Waals surface area contributed by atoms with Gasteiger partial charge in [0.1, 0.15) is 11.5 Å². The Hall–Kier alpha value is -1.26. The normalized spacial score (nSPS) is 19.9. The highest BCUT2D eigenvalue weighted by Crippen LogP contribution is 2.25. The van der Waals surface area contributed by atoms with E-state index in [1.165, 1.54) is 25.8 Å². The highest BCUT2D eigenvalue weighted by molar-refractivity contribution is 5.40. The summed E-state index contributed by atoms with van der Waals surface area (Å²) in [6.45, 7) is 2.43. The number of hydrogen-bond donors (Lipinski definition) is 1. The van der Waals surface area contributed by atoms with Crippen LogP contribution in [-0.4, -0.2) is 38.3 Å². The molecule has 112 valence electrons. The van der Waals surface area contributed by atoms with E-state index in [-0.39, 0.29) is 0 Å². The topological polar surface area (TPSA) is 47.7 Å². The third kappa shape index (κ3) is 3.87. The van der Waals surface area contributed by atoms with Gasteiger partial charge in [-0.3, -0.25) is 0 Å². The van der Waals surface area contributed by atoms with Gasteiger partial charge in [-0.15, -0.1) is 0 Å². The Morgan fingerprint density at radius 3 is 2.90 bits per heavy atom. The van der Waals surface area contributed by atoms with Gasteiger partial charge in [0.15, 0.2) is 0 Å². The molecule has 0 radical (unpaired) electrons. The van der Waals surface area contributed by atoms with Crippen molar-refractivity contribution in [3.05, 3.63) is 23.8 Å². The Morgan fingerprint density at radius 2 is 2.20 bits per heavy atom. The summed E-state index contributed by atoms with van der Waals surface area (Å²) in [5, 5.41) is 0. The molecule has 1 aliphatic rings. The highest BCUT2D eigenvalue weighted by Gasteiger charge is 2.18. The van der Waals surface area contributed by atoms with Gasteiger partial charge >= 0.3 is 0 Å². The summed E-state index contributed by atoms with van der Waals surface area (Å²) in [7, 11) is 3.87. The molecule has 0 bridgehead atoms. The van der Waals surface area contributed by atoms with Crippen LogP contribution in [0.15, 0.2) is 18.2 Å². The summed E-state index contributed by atoms with van der Waals surface area (Å²) in [6, 6.07) is 6.47. The summed E-state index contributed by atoms with van der Waals surface area (Å²) in [5.74, 6) is 1.66. The first-order valence-electron chi connectivity index (χ1n) is 7.44. The van der Waals surface area contributed by atoms with E-state index in [1.54, 1.807) is 7.11 Å². The van der Waals surface area contributed by atoms with Crippen LogP contribution in [-0.2, 0) is 6.54 Å². The third-order valence-electron chi connectivity index (χ3n) is 4.12. The van der Waals surface area contributed by atoms with Crippen molar-refractivity contribution in [2.75, 3.05) is 27.3 Å². The van der Waals surface area contributed by atoms with Crippen molar-refractivity contribution in [1.82, 2.24) is 4.90 Å². The lowest BCUT2D eigenvalue weighted by molar-refractivity contribution is 0.152. The van der Waals surface area contributed by atoms with Crippen molar-refractivity contribution < 1.29 is 9.47 Å². The van der Waals surface area contributed by atoms with Gasteiger partial charge in [-0.25, -0.2) is 0 Å². The molecule has 1 aromatic rings. The number of nitrogens with two attached hydrogens (primary N) is 1. The fraction of sp³-hybridized carbons (Fsp3) is 0.625. The maximum atomic E-state index is 5.93. The van der Waals surface area contributed by atoms with Crippen molar-refractivity contribution >= 4 is 0 Å². The zero-order valence-electron chi connectivity index (χ0n) is 12.6. The fourth-order valence-corrected chi connectivity index (χ4v) is 2.78. The second kappa shape index (κ2) is 7.50. The number of piperidine rings is 1. The van der Waals surface area contributed by atoms with Crippen LogP contribution in [0.4, 0.5) is 0 Å². The molecular weight excluding hydrogens is 252 g/mol. The molecule has 0 saturated carbocycles. The van der Waals surface area contributed by atoms with Crippen LogP contribution < -0.4 is 15.2 Å². The SMILES string of the molecule is COc1ccc(CN)c(OCCC2CCCCN2C)c1. The Kier molecular flexibility index (Phi) is 5.68. The Morgan fingerprint density at radius 1 is 1.35 bits per heavy atom. The van der Waals surface area contributed by atoms with Crippen molar-refractivity contribution in [2.45, 2.75) is 38.3 Å². The first-order valence-corrected chi connectivity index (χ1v) is 7.44. The molecule has 1 aliphatic heterocycles. The zero-order valence-corrected chi connectivity index (χ0v) is 12.6. The van der Waals surface area contributed by atoms with Crippen LogP contribution in [0.5, 0.6) is 11.5 Å². The van der Waals surface area contributed by atoms with E-state index in [2.05, 4.69) is 11.9 Å². The first kappa shape index (κ1) is 15.1. The molecule has 2 rings (SSSR count). The molecule has 0 aliphatic carbocycles. The molecule has 1 saturated heterocycles. The summed E-state index contributed by atoms with van der Waals surface area (Å²) in [4.78, 5) is 2.45. The van der Waals surface area contributed by atoms with Gasteiger partial charge in [-0.05, 0) is 38.9 Å². The van der Waals surface area contributed by atoms with Crippen molar-refractivity contribution in [3.63, 3.8) is 0 Å². The lowest BCUT2D eigenvalue weighted by Gasteiger charge is -2.32. The number of methoxy groups -OCH3 is 1. The van der Waals surface area contributed by atoms with Gasteiger partial charge in [0, 0.05) is 24.2 Å². The number of rotatable bonds is 6. The van der Waals surface area contributed by atoms with Crippen LogP contribution >= 0.6 is 0 Å². The number of likely N-dealkylation sites (tertiary alicyclic amines) is 1. The first-order chi connectivity index (χ1) is 9.74. The third-order valence-corrected chi connectivity index (χ3v) is 4.12. The molecule has 4 heteroatoms. The van der Waals surface area contributed by atoms with Gasteiger partial charge in [0.2, 0.25) is 0 Å².